The van der Waals surface area contributed by atoms with Crippen LogP contribution in [0.3, 0.4) is 0 Å². The van der Waals surface area contributed by atoms with Crippen molar-refractivity contribution in [3.63, 3.8) is 0 Å². The van der Waals surface area contributed by atoms with Gasteiger partial charge in [-0.2, -0.15) is 13.2 Å². The van der Waals surface area contributed by atoms with Gasteiger partial charge < -0.3 is 5.73 Å². The fourth-order valence-corrected chi connectivity index (χ4v) is 2.72. The molecular weight excluding hydrogens is 258 g/mol. The van der Waals surface area contributed by atoms with Gasteiger partial charge in [0, 0.05) is 11.6 Å². The van der Waals surface area contributed by atoms with Crippen molar-refractivity contribution in [2.24, 2.45) is 11.7 Å². The second-order valence-electron chi connectivity index (χ2n) is 5.16. The number of hydrogen-bond donors (Lipinski definition) is 1. The van der Waals surface area contributed by atoms with Crippen LogP contribution in [-0.4, -0.2) is 0 Å². The van der Waals surface area contributed by atoms with E-state index in [1.165, 1.54) is 6.07 Å². The van der Waals surface area contributed by atoms with Crippen LogP contribution in [0, 0.1) is 11.7 Å². The maximum Gasteiger partial charge on any atom is 0.416 e. The van der Waals surface area contributed by atoms with E-state index < -0.39 is 23.6 Å². The molecule has 1 aliphatic rings. The lowest BCUT2D eigenvalue weighted by Crippen LogP contribution is -2.24. The molecule has 1 aromatic carbocycles. The van der Waals surface area contributed by atoms with Crippen LogP contribution in [0.5, 0.6) is 0 Å². The van der Waals surface area contributed by atoms with Crippen molar-refractivity contribution in [2.75, 3.05) is 0 Å². The summed E-state index contributed by atoms with van der Waals surface area (Å²) < 4.78 is 51.2. The molecule has 106 valence electrons. The molecule has 0 amide bonds. The van der Waals surface area contributed by atoms with Gasteiger partial charge in [0.25, 0.3) is 0 Å². The number of alkyl halides is 3. The molecule has 0 bridgehead atoms. The highest BCUT2D eigenvalue weighted by Gasteiger charge is 2.32. The van der Waals surface area contributed by atoms with Gasteiger partial charge in [-0.3, -0.25) is 0 Å². The van der Waals surface area contributed by atoms with Crippen molar-refractivity contribution in [1.29, 1.82) is 0 Å². The largest absolute Gasteiger partial charge is 0.416 e. The molecule has 0 radical (unpaired) electrons. The summed E-state index contributed by atoms with van der Waals surface area (Å²) in [5.74, 6) is -0.687. The average molecular weight is 275 g/mol. The summed E-state index contributed by atoms with van der Waals surface area (Å²) in [5.41, 5.74) is 5.23. The van der Waals surface area contributed by atoms with Crippen molar-refractivity contribution >= 4 is 0 Å². The molecule has 1 aromatic rings. The summed E-state index contributed by atoms with van der Waals surface area (Å²) in [7, 11) is 0. The van der Waals surface area contributed by atoms with Crippen molar-refractivity contribution in [3.05, 3.63) is 35.1 Å². The quantitative estimate of drug-likeness (QED) is 0.794. The van der Waals surface area contributed by atoms with E-state index in [1.54, 1.807) is 0 Å². The first-order chi connectivity index (χ1) is 8.89. The predicted octanol–water partition coefficient (Wildman–Crippen LogP) is 4.42. The average Bonchev–Trinajstić information content (AvgIpc) is 2.38. The van der Waals surface area contributed by atoms with Gasteiger partial charge in [-0.05, 0) is 30.9 Å². The Labute approximate surface area is 109 Å². The fraction of sp³-hybridized carbons (Fsp3) is 0.571. The van der Waals surface area contributed by atoms with Crippen LogP contribution in [-0.2, 0) is 6.18 Å². The third-order valence-electron chi connectivity index (χ3n) is 3.84. The molecule has 0 heterocycles. The lowest BCUT2D eigenvalue weighted by molar-refractivity contribution is -0.137. The minimum atomic E-state index is -4.52. The van der Waals surface area contributed by atoms with Crippen molar-refractivity contribution in [2.45, 2.75) is 44.3 Å². The molecule has 5 heteroatoms. The summed E-state index contributed by atoms with van der Waals surface area (Å²) >= 11 is 0. The molecule has 1 fully saturated rings. The number of rotatable bonds is 2. The first-order valence-corrected chi connectivity index (χ1v) is 6.52. The molecule has 0 aliphatic heterocycles. The molecule has 0 saturated heterocycles. The van der Waals surface area contributed by atoms with Crippen LogP contribution in [0.25, 0.3) is 0 Å². The highest BCUT2D eigenvalue weighted by atomic mass is 19.4. The van der Waals surface area contributed by atoms with Gasteiger partial charge in [0.2, 0.25) is 0 Å². The number of hydrogen-bond acceptors (Lipinski definition) is 1. The van der Waals surface area contributed by atoms with Gasteiger partial charge in [-0.1, -0.05) is 25.3 Å². The predicted molar refractivity (Wildman–Crippen MR) is 64.9 cm³/mol. The molecule has 1 saturated carbocycles. The Morgan fingerprint density at radius 1 is 1.11 bits per heavy atom. The molecule has 0 aromatic heterocycles. The first-order valence-electron chi connectivity index (χ1n) is 6.52. The lowest BCUT2D eigenvalue weighted by atomic mass is 9.81. The van der Waals surface area contributed by atoms with Gasteiger partial charge in [-0.15, -0.1) is 0 Å². The SMILES string of the molecule is N[C@H](c1ccc(C(F)(F)F)cc1F)C1CCCCC1. The Morgan fingerprint density at radius 3 is 2.26 bits per heavy atom. The minimum absolute atomic E-state index is 0.167. The smallest absolute Gasteiger partial charge is 0.324 e. The van der Waals surface area contributed by atoms with Crippen LogP contribution < -0.4 is 5.73 Å². The Morgan fingerprint density at radius 2 is 1.74 bits per heavy atom. The third-order valence-corrected chi connectivity index (χ3v) is 3.84. The highest BCUT2D eigenvalue weighted by Crippen LogP contribution is 2.36. The Balaban J connectivity index is 2.20. The van der Waals surface area contributed by atoms with Gasteiger partial charge >= 0.3 is 6.18 Å². The van der Waals surface area contributed by atoms with E-state index in [2.05, 4.69) is 0 Å². The van der Waals surface area contributed by atoms with E-state index in [-0.39, 0.29) is 11.5 Å². The zero-order chi connectivity index (χ0) is 14.0. The van der Waals surface area contributed by atoms with E-state index in [1.807, 2.05) is 0 Å². The van der Waals surface area contributed by atoms with Crippen LogP contribution in [0.1, 0.15) is 49.3 Å². The maximum atomic E-state index is 13.8. The second-order valence-corrected chi connectivity index (χ2v) is 5.16. The molecule has 1 nitrogen and oxygen atoms in total. The zero-order valence-corrected chi connectivity index (χ0v) is 10.5. The minimum Gasteiger partial charge on any atom is -0.324 e. The topological polar surface area (TPSA) is 26.0 Å². The number of halogens is 4. The van der Waals surface area contributed by atoms with Crippen LogP contribution in [0.15, 0.2) is 18.2 Å². The molecule has 1 atom stereocenters. The van der Waals surface area contributed by atoms with Gasteiger partial charge in [0.05, 0.1) is 5.56 Å². The zero-order valence-electron chi connectivity index (χ0n) is 10.5. The van der Waals surface area contributed by atoms with Crippen LogP contribution in [0.2, 0.25) is 0 Å². The van der Waals surface area contributed by atoms with Crippen molar-refractivity contribution in [1.82, 2.24) is 0 Å². The van der Waals surface area contributed by atoms with E-state index in [0.717, 1.165) is 38.2 Å². The molecule has 2 rings (SSSR count). The third kappa shape index (κ3) is 3.26. The summed E-state index contributed by atoms with van der Waals surface area (Å²) in [6.45, 7) is 0. The number of nitrogens with two attached hydrogens (primary N) is 1. The monoisotopic (exact) mass is 275 g/mol. The lowest BCUT2D eigenvalue weighted by Gasteiger charge is -2.28. The maximum absolute atomic E-state index is 13.8. The Kier molecular flexibility index (Phi) is 4.13. The first kappa shape index (κ1) is 14.3. The Hall–Kier alpha value is -1.10. The summed E-state index contributed by atoms with van der Waals surface area (Å²) in [5, 5.41) is 0. The van der Waals surface area contributed by atoms with E-state index in [9.17, 15) is 17.6 Å². The van der Waals surface area contributed by atoms with Gasteiger partial charge in [0.1, 0.15) is 5.82 Å². The molecule has 1 aliphatic carbocycles. The summed E-state index contributed by atoms with van der Waals surface area (Å²) in [4.78, 5) is 0. The summed E-state index contributed by atoms with van der Waals surface area (Å²) in [6, 6.07) is 2.11. The molecule has 0 unspecified atom stereocenters. The molecular formula is C14H17F4N. The Bertz CT molecular complexity index is 436. The molecule has 19 heavy (non-hydrogen) atoms. The van der Waals surface area contributed by atoms with Crippen LogP contribution >= 0.6 is 0 Å². The van der Waals surface area contributed by atoms with E-state index in [4.69, 9.17) is 5.73 Å². The van der Waals surface area contributed by atoms with E-state index in [0.29, 0.717) is 6.07 Å². The molecule has 0 spiro atoms. The van der Waals surface area contributed by atoms with Gasteiger partial charge in [0.15, 0.2) is 0 Å². The normalized spacial score (nSPS) is 19.4. The second kappa shape index (κ2) is 5.49. The van der Waals surface area contributed by atoms with Crippen molar-refractivity contribution in [3.8, 4) is 0 Å². The summed E-state index contributed by atoms with van der Waals surface area (Å²) in [6.07, 6.45) is 0.581. The highest BCUT2D eigenvalue weighted by molar-refractivity contribution is 5.28. The van der Waals surface area contributed by atoms with Gasteiger partial charge in [-0.25, -0.2) is 4.39 Å². The van der Waals surface area contributed by atoms with E-state index >= 15 is 0 Å². The standard InChI is InChI=1S/C14H17F4N/c15-12-8-10(14(16,17)18)6-7-11(12)13(19)9-4-2-1-3-5-9/h6-9,13H,1-5,19H2/t13-/m0/s1. The molecule has 2 N–H and O–H groups in total. The number of benzene rings is 1. The fourth-order valence-electron chi connectivity index (χ4n) is 2.72. The van der Waals surface area contributed by atoms with Crippen molar-refractivity contribution < 1.29 is 17.6 Å². The van der Waals surface area contributed by atoms with Crippen LogP contribution in [0.4, 0.5) is 17.6 Å².